The van der Waals surface area contributed by atoms with Crippen LogP contribution in [0.5, 0.6) is 0 Å². The number of rotatable bonds is 4. The van der Waals surface area contributed by atoms with Gasteiger partial charge in [-0.3, -0.25) is 10.1 Å². The molecule has 0 aliphatic carbocycles. The standard InChI is InChI=1S/C13H11FN4O5S/c14-8-1-6-11(12(7-8)18(20)21)17-13(19)16-9-2-4-10(5-3-9)24(15,22)23/h1-7H,(H2,15,22,23)(H2,16,17,19). The summed E-state index contributed by atoms with van der Waals surface area (Å²) in [5.41, 5.74) is -0.570. The fraction of sp³-hybridized carbons (Fsp3) is 0. The van der Waals surface area contributed by atoms with Gasteiger partial charge in [0.15, 0.2) is 0 Å². The lowest BCUT2D eigenvalue weighted by Gasteiger charge is -2.08. The maximum Gasteiger partial charge on any atom is 0.323 e. The van der Waals surface area contributed by atoms with E-state index in [-0.39, 0.29) is 16.3 Å². The highest BCUT2D eigenvalue weighted by Crippen LogP contribution is 2.25. The third kappa shape index (κ3) is 4.24. The van der Waals surface area contributed by atoms with E-state index in [1.54, 1.807) is 0 Å². The first kappa shape index (κ1) is 17.3. The number of hydrogen-bond acceptors (Lipinski definition) is 5. The van der Waals surface area contributed by atoms with Crippen LogP contribution in [-0.4, -0.2) is 19.4 Å². The van der Waals surface area contributed by atoms with Gasteiger partial charge in [-0.2, -0.15) is 0 Å². The van der Waals surface area contributed by atoms with Crippen molar-refractivity contribution < 1.29 is 22.5 Å². The number of nitro benzene ring substituents is 1. The van der Waals surface area contributed by atoms with Gasteiger partial charge in [-0.25, -0.2) is 22.7 Å². The van der Waals surface area contributed by atoms with Gasteiger partial charge in [-0.15, -0.1) is 0 Å². The maximum atomic E-state index is 13.0. The van der Waals surface area contributed by atoms with Gasteiger partial charge in [0.25, 0.3) is 5.69 Å². The Labute approximate surface area is 135 Å². The summed E-state index contributed by atoms with van der Waals surface area (Å²) in [6, 6.07) is 6.82. The number of hydrogen-bond donors (Lipinski definition) is 3. The molecule has 11 heteroatoms. The van der Waals surface area contributed by atoms with E-state index in [0.717, 1.165) is 12.1 Å². The van der Waals surface area contributed by atoms with E-state index < -0.39 is 32.5 Å². The van der Waals surface area contributed by atoms with Crippen LogP contribution in [0.25, 0.3) is 0 Å². The molecule has 24 heavy (non-hydrogen) atoms. The predicted octanol–water partition coefficient (Wildman–Crippen LogP) is 2.03. The molecule has 0 aliphatic rings. The number of nitrogens with zero attached hydrogens (tertiary/aromatic N) is 1. The zero-order chi connectivity index (χ0) is 17.9. The van der Waals surface area contributed by atoms with Crippen LogP contribution in [0.4, 0.5) is 26.2 Å². The van der Waals surface area contributed by atoms with Crippen LogP contribution in [0.1, 0.15) is 0 Å². The number of anilines is 2. The summed E-state index contributed by atoms with van der Waals surface area (Å²) in [7, 11) is -3.85. The van der Waals surface area contributed by atoms with Gasteiger partial charge in [-0.05, 0) is 36.4 Å². The molecule has 0 unspecified atom stereocenters. The van der Waals surface area contributed by atoms with E-state index in [2.05, 4.69) is 10.6 Å². The molecular formula is C13H11FN4O5S. The Morgan fingerprint density at radius 3 is 2.29 bits per heavy atom. The molecule has 0 aromatic heterocycles. The van der Waals surface area contributed by atoms with Gasteiger partial charge in [0.2, 0.25) is 10.0 Å². The topological polar surface area (TPSA) is 144 Å². The Bertz CT molecular complexity index is 899. The summed E-state index contributed by atoms with van der Waals surface area (Å²) in [5, 5.41) is 20.3. The molecule has 0 bridgehead atoms. The maximum absolute atomic E-state index is 13.0. The van der Waals surface area contributed by atoms with E-state index >= 15 is 0 Å². The first-order chi connectivity index (χ1) is 11.2. The van der Waals surface area contributed by atoms with Gasteiger partial charge in [0, 0.05) is 5.69 Å². The Hall–Kier alpha value is -3.05. The van der Waals surface area contributed by atoms with E-state index in [1.165, 1.54) is 24.3 Å². The molecule has 2 amide bonds. The van der Waals surface area contributed by atoms with E-state index in [9.17, 15) is 27.7 Å². The van der Waals surface area contributed by atoms with Crippen LogP contribution < -0.4 is 15.8 Å². The molecule has 126 valence electrons. The largest absolute Gasteiger partial charge is 0.323 e. The molecule has 0 atom stereocenters. The predicted molar refractivity (Wildman–Crippen MR) is 83.5 cm³/mol. The number of primary sulfonamides is 1. The van der Waals surface area contributed by atoms with Crippen LogP contribution in [0.2, 0.25) is 0 Å². The highest BCUT2D eigenvalue weighted by molar-refractivity contribution is 7.89. The molecule has 0 saturated heterocycles. The van der Waals surface area contributed by atoms with Crippen molar-refractivity contribution in [1.82, 2.24) is 0 Å². The van der Waals surface area contributed by atoms with Crippen LogP contribution in [0, 0.1) is 15.9 Å². The number of carbonyl (C=O) groups is 1. The van der Waals surface area contributed by atoms with Crippen molar-refractivity contribution in [2.45, 2.75) is 4.90 Å². The number of halogens is 1. The number of benzene rings is 2. The second-order valence-electron chi connectivity index (χ2n) is 4.57. The molecule has 9 nitrogen and oxygen atoms in total. The Balaban J connectivity index is 2.13. The highest BCUT2D eigenvalue weighted by atomic mass is 32.2. The Kier molecular flexibility index (Phi) is 4.76. The van der Waals surface area contributed by atoms with Crippen LogP contribution in [0.15, 0.2) is 47.4 Å². The second kappa shape index (κ2) is 6.60. The van der Waals surface area contributed by atoms with Crippen molar-refractivity contribution in [3.05, 3.63) is 58.4 Å². The van der Waals surface area contributed by atoms with Crippen molar-refractivity contribution >= 4 is 33.1 Å². The molecule has 0 heterocycles. The fourth-order valence-electron chi connectivity index (χ4n) is 1.77. The monoisotopic (exact) mass is 354 g/mol. The van der Waals surface area contributed by atoms with E-state index in [4.69, 9.17) is 5.14 Å². The summed E-state index contributed by atoms with van der Waals surface area (Å²) in [4.78, 5) is 21.7. The SMILES string of the molecule is NS(=O)(=O)c1ccc(NC(=O)Nc2ccc(F)cc2[N+](=O)[O-])cc1. The number of sulfonamides is 1. The minimum Gasteiger partial charge on any atom is -0.308 e. The van der Waals surface area contributed by atoms with E-state index in [1.807, 2.05) is 0 Å². The molecular weight excluding hydrogens is 343 g/mol. The third-order valence-electron chi connectivity index (χ3n) is 2.85. The Morgan fingerprint density at radius 2 is 1.75 bits per heavy atom. The van der Waals surface area contributed by atoms with Gasteiger partial charge < -0.3 is 10.6 Å². The lowest BCUT2D eigenvalue weighted by Crippen LogP contribution is -2.20. The van der Waals surface area contributed by atoms with Crippen LogP contribution in [0.3, 0.4) is 0 Å². The quantitative estimate of drug-likeness (QED) is 0.568. The first-order valence-corrected chi connectivity index (χ1v) is 7.86. The Morgan fingerprint density at radius 1 is 1.12 bits per heavy atom. The van der Waals surface area contributed by atoms with Gasteiger partial charge in [0.05, 0.1) is 15.9 Å². The van der Waals surface area contributed by atoms with Crippen LogP contribution in [-0.2, 0) is 10.0 Å². The first-order valence-electron chi connectivity index (χ1n) is 6.31. The number of amides is 2. The molecule has 0 fully saturated rings. The van der Waals surface area contributed by atoms with Crippen molar-refractivity contribution in [1.29, 1.82) is 0 Å². The minimum absolute atomic E-state index is 0.136. The van der Waals surface area contributed by atoms with Crippen LogP contribution >= 0.6 is 0 Å². The fourth-order valence-corrected chi connectivity index (χ4v) is 2.29. The second-order valence-corrected chi connectivity index (χ2v) is 6.13. The highest BCUT2D eigenvalue weighted by Gasteiger charge is 2.17. The van der Waals surface area contributed by atoms with E-state index in [0.29, 0.717) is 6.07 Å². The van der Waals surface area contributed by atoms with Crippen molar-refractivity contribution in [3.63, 3.8) is 0 Å². The number of nitro groups is 1. The number of carbonyl (C=O) groups excluding carboxylic acids is 1. The number of urea groups is 1. The summed E-state index contributed by atoms with van der Waals surface area (Å²) in [6.45, 7) is 0. The lowest BCUT2D eigenvalue weighted by atomic mass is 10.2. The lowest BCUT2D eigenvalue weighted by molar-refractivity contribution is -0.384. The summed E-state index contributed by atoms with van der Waals surface area (Å²) in [6.07, 6.45) is 0. The zero-order valence-electron chi connectivity index (χ0n) is 11.9. The zero-order valence-corrected chi connectivity index (χ0v) is 12.7. The molecule has 2 rings (SSSR count). The molecule has 4 N–H and O–H groups in total. The smallest absolute Gasteiger partial charge is 0.308 e. The van der Waals surface area contributed by atoms with Gasteiger partial charge >= 0.3 is 6.03 Å². The van der Waals surface area contributed by atoms with Gasteiger partial charge in [-0.1, -0.05) is 0 Å². The molecule has 2 aromatic carbocycles. The molecule has 0 saturated carbocycles. The molecule has 0 aliphatic heterocycles. The van der Waals surface area contributed by atoms with Crippen molar-refractivity contribution in [2.75, 3.05) is 10.6 Å². The van der Waals surface area contributed by atoms with Crippen molar-refractivity contribution in [2.24, 2.45) is 5.14 Å². The van der Waals surface area contributed by atoms with Gasteiger partial charge in [0.1, 0.15) is 11.5 Å². The average Bonchev–Trinajstić information content (AvgIpc) is 2.48. The summed E-state index contributed by atoms with van der Waals surface area (Å²) in [5.74, 6) is -0.814. The molecule has 0 radical (unpaired) electrons. The summed E-state index contributed by atoms with van der Waals surface area (Å²) >= 11 is 0. The third-order valence-corrected chi connectivity index (χ3v) is 3.77. The normalized spacial score (nSPS) is 10.9. The number of nitrogens with one attached hydrogen (secondary N) is 2. The molecule has 2 aromatic rings. The molecule has 0 spiro atoms. The minimum atomic E-state index is -3.85. The van der Waals surface area contributed by atoms with Crippen molar-refractivity contribution in [3.8, 4) is 0 Å². The summed E-state index contributed by atoms with van der Waals surface area (Å²) < 4.78 is 35.3. The average molecular weight is 354 g/mol. The number of nitrogens with two attached hydrogens (primary N) is 1.